The van der Waals surface area contributed by atoms with E-state index in [4.69, 9.17) is 37.9 Å². The molecular formula is C85H91N6O8+3. The maximum atomic E-state index is 7.44. The van der Waals surface area contributed by atoms with E-state index in [-0.39, 0.29) is 50.8 Å². The lowest BCUT2D eigenvalue weighted by Gasteiger charge is -2.36. The number of benzene rings is 4. The molecule has 0 saturated heterocycles. The monoisotopic (exact) mass is 1320 g/mol. The Bertz CT molecular complexity index is 4480. The van der Waals surface area contributed by atoms with Gasteiger partial charge >= 0.3 is 0 Å². The van der Waals surface area contributed by atoms with Gasteiger partial charge in [0, 0.05) is 147 Å². The lowest BCUT2D eigenvalue weighted by atomic mass is 9.74. The highest BCUT2D eigenvalue weighted by molar-refractivity contribution is 5.72. The summed E-state index contributed by atoms with van der Waals surface area (Å²) in [5.74, 6) is 5.46. The van der Waals surface area contributed by atoms with Crippen LogP contribution in [0.25, 0.3) is 39.1 Å². The fraction of sp³-hybridized carbons (Fsp3) is 0.365. The highest BCUT2D eigenvalue weighted by Gasteiger charge is 2.44. The number of aromatic nitrogens is 6. The normalized spacial score (nSPS) is 16.7. The van der Waals surface area contributed by atoms with Crippen molar-refractivity contribution in [2.75, 3.05) is 27.2 Å². The van der Waals surface area contributed by atoms with Gasteiger partial charge in [0.05, 0.1) is 0 Å². The molecule has 10 aromatic rings. The Morgan fingerprint density at radius 1 is 0.313 bits per heavy atom. The maximum absolute atomic E-state index is 7.44. The van der Waals surface area contributed by atoms with Gasteiger partial charge in [-0.2, -0.15) is 4.57 Å². The Kier molecular flexibility index (Phi) is 19.6. The Labute approximate surface area is 582 Å². The number of ether oxygens (including phenoxy) is 8. The fourth-order valence-corrected chi connectivity index (χ4v) is 16.1. The van der Waals surface area contributed by atoms with E-state index in [1.807, 2.05) is 37.2 Å². The van der Waals surface area contributed by atoms with Crippen LogP contribution in [0.2, 0.25) is 0 Å². The molecule has 8 bridgehead atoms. The molecule has 506 valence electrons. The van der Waals surface area contributed by atoms with Crippen molar-refractivity contribution in [2.45, 2.75) is 174 Å². The summed E-state index contributed by atoms with van der Waals surface area (Å²) < 4.78 is 65.4. The van der Waals surface area contributed by atoms with Gasteiger partial charge in [0.15, 0.2) is 50.3 Å². The summed E-state index contributed by atoms with van der Waals surface area (Å²) >= 11 is 0. The molecule has 4 aliphatic heterocycles. The second-order valence-corrected chi connectivity index (χ2v) is 27.3. The SMILES string of the molecule is CCCCCC1c2cc3c4c(C)c2OCOc2c1cc1c(c2C[n+]2ccc(-c5ccncc5)cc2)OCOc2c(cc5c(c2C[n+]2ccc(-c6ccncc6)cc2)OCOc2c(cc(c(c2-[n+]2ccc(-c6ccncc6)cc2)OCO4)C3CCCCC)C5CCCCC)C1CCCCC. The van der Waals surface area contributed by atoms with Gasteiger partial charge in [-0.25, -0.2) is 9.13 Å². The Hall–Kier alpha value is -9.82. The quantitative estimate of drug-likeness (QED) is 0.0424. The van der Waals surface area contributed by atoms with Crippen molar-refractivity contribution in [3.63, 3.8) is 0 Å². The first-order chi connectivity index (χ1) is 48.9. The van der Waals surface area contributed by atoms with E-state index in [1.54, 1.807) is 0 Å². The number of rotatable bonds is 24. The highest BCUT2D eigenvalue weighted by atomic mass is 16.7. The number of nitrogens with zero attached hydrogens (tertiary/aromatic N) is 6. The topological polar surface area (TPSA) is 124 Å². The van der Waals surface area contributed by atoms with E-state index in [9.17, 15) is 0 Å². The molecule has 5 aliphatic rings. The van der Waals surface area contributed by atoms with E-state index >= 15 is 0 Å². The lowest BCUT2D eigenvalue weighted by Crippen LogP contribution is -2.36. The third-order valence-corrected chi connectivity index (χ3v) is 21.2. The first-order valence-corrected chi connectivity index (χ1v) is 36.4. The standard InChI is InChI=1S/C85H91N6O8/c1-6-10-14-18-63-67-46-68-64(19-15-11-7-2)73-49-74-66(21-17-13-9-4)72-48-71-65(20-16-12-8-3)70-47-69(63)80-75(50-89-40-28-60(29-41-89)57-22-34-86-35-23-57)81(70)95-54-96-82(71)76(51-90-42-30-61(31-43-90)58-24-36-87-37-25-58)83(72)97-55-99-85(74)77(91-44-32-62(33-45-91)59-26-38-88-39-27-59)84(73)98-53-93-79(68)56(5)78(67)92-52-94-80/h22-49,63-66H,6-21,50-55H2,1-5H3/q+3. The Balaban J connectivity index is 1.06. The van der Waals surface area contributed by atoms with Gasteiger partial charge in [0.2, 0.25) is 38.7 Å². The van der Waals surface area contributed by atoms with Gasteiger partial charge in [-0.1, -0.05) is 105 Å². The van der Waals surface area contributed by atoms with Crippen LogP contribution in [0.1, 0.15) is 215 Å². The fourth-order valence-electron chi connectivity index (χ4n) is 16.1. The van der Waals surface area contributed by atoms with Crippen LogP contribution in [0.4, 0.5) is 0 Å². The van der Waals surface area contributed by atoms with Crippen LogP contribution < -0.4 is 51.6 Å². The van der Waals surface area contributed by atoms with Gasteiger partial charge in [0.25, 0.3) is 5.69 Å². The van der Waals surface area contributed by atoms with Gasteiger partial charge in [-0.15, -0.1) is 0 Å². The molecule has 0 amide bonds. The zero-order valence-electron chi connectivity index (χ0n) is 58.0. The van der Waals surface area contributed by atoms with Crippen molar-refractivity contribution >= 4 is 0 Å². The molecule has 1 aliphatic carbocycles. The van der Waals surface area contributed by atoms with E-state index in [1.165, 1.54) is 0 Å². The van der Waals surface area contributed by atoms with Crippen LogP contribution in [0.3, 0.4) is 0 Å². The molecule has 10 heterocycles. The maximum Gasteiger partial charge on any atom is 0.296 e. The summed E-state index contributed by atoms with van der Waals surface area (Å²) in [6.45, 7) is 12.1. The first-order valence-electron chi connectivity index (χ1n) is 36.4. The molecular weight excluding hydrogens is 1230 g/mol. The first kappa shape index (κ1) is 65.1. The van der Waals surface area contributed by atoms with E-state index < -0.39 is 0 Å². The Morgan fingerprint density at radius 3 is 0.869 bits per heavy atom. The zero-order valence-corrected chi connectivity index (χ0v) is 58.0. The average Bonchev–Trinajstić information content (AvgIpc) is 0.723. The smallest absolute Gasteiger partial charge is 0.296 e. The predicted molar refractivity (Wildman–Crippen MR) is 382 cm³/mol. The van der Waals surface area contributed by atoms with Crippen molar-refractivity contribution in [3.05, 3.63) is 233 Å². The molecule has 6 aromatic heterocycles. The van der Waals surface area contributed by atoms with Crippen molar-refractivity contribution in [2.24, 2.45) is 0 Å². The number of hydrogen-bond donors (Lipinski definition) is 0. The number of pyridine rings is 6. The zero-order chi connectivity index (χ0) is 67.2. The summed E-state index contributed by atoms with van der Waals surface area (Å²) in [5.41, 5.74) is 19.3. The van der Waals surface area contributed by atoms with E-state index in [0.29, 0.717) is 13.1 Å². The molecule has 0 fully saturated rings. The Morgan fingerprint density at radius 2 is 0.566 bits per heavy atom. The number of unbranched alkanes of at least 4 members (excludes halogenated alkanes) is 8. The van der Waals surface area contributed by atoms with Crippen molar-refractivity contribution in [1.82, 2.24) is 15.0 Å². The molecule has 15 rings (SSSR count). The second-order valence-electron chi connectivity index (χ2n) is 27.3. The summed E-state index contributed by atoms with van der Waals surface area (Å²) in [6, 6.07) is 35.5. The van der Waals surface area contributed by atoms with Gasteiger partial charge in [-0.3, -0.25) is 15.0 Å². The summed E-state index contributed by atoms with van der Waals surface area (Å²) in [6.07, 6.45) is 39.9. The van der Waals surface area contributed by atoms with Crippen molar-refractivity contribution in [3.8, 4) is 85.1 Å². The van der Waals surface area contributed by atoms with Gasteiger partial charge in [-0.05, 0) is 127 Å². The molecule has 0 spiro atoms. The lowest BCUT2D eigenvalue weighted by molar-refractivity contribution is -0.688. The molecule has 0 radical (unpaired) electrons. The molecule has 0 saturated carbocycles. The number of hydrogen-bond acceptors (Lipinski definition) is 11. The molecule has 14 nitrogen and oxygen atoms in total. The van der Waals surface area contributed by atoms with Crippen LogP contribution in [0.15, 0.2) is 171 Å². The van der Waals surface area contributed by atoms with Gasteiger partial charge < -0.3 is 37.9 Å². The van der Waals surface area contributed by atoms with Crippen molar-refractivity contribution in [1.29, 1.82) is 0 Å². The van der Waals surface area contributed by atoms with Crippen molar-refractivity contribution < 1.29 is 51.6 Å². The van der Waals surface area contributed by atoms with Crippen LogP contribution in [-0.4, -0.2) is 42.1 Å². The second kappa shape index (κ2) is 29.7. The van der Waals surface area contributed by atoms with Crippen LogP contribution >= 0.6 is 0 Å². The molecule has 99 heavy (non-hydrogen) atoms. The minimum Gasteiger partial charge on any atom is -0.457 e. The van der Waals surface area contributed by atoms with Gasteiger partial charge in [0.1, 0.15) is 45.6 Å². The predicted octanol–water partition coefficient (Wildman–Crippen LogP) is 18.2. The highest BCUT2D eigenvalue weighted by Crippen LogP contribution is 2.59. The average molecular weight is 1320 g/mol. The van der Waals surface area contributed by atoms with Crippen LogP contribution in [0.5, 0.6) is 46.0 Å². The van der Waals surface area contributed by atoms with Crippen LogP contribution in [0, 0.1) is 6.92 Å². The molecule has 4 atom stereocenters. The van der Waals surface area contributed by atoms with E-state index in [0.717, 1.165) is 249 Å². The minimum atomic E-state index is -0.219. The largest absolute Gasteiger partial charge is 0.457 e. The molecule has 0 N–H and O–H groups in total. The third-order valence-electron chi connectivity index (χ3n) is 21.2. The van der Waals surface area contributed by atoms with Crippen LogP contribution in [-0.2, 0) is 13.1 Å². The molecule has 4 aromatic carbocycles. The summed E-state index contributed by atoms with van der Waals surface area (Å²) in [7, 11) is 0. The third kappa shape index (κ3) is 13.0. The summed E-state index contributed by atoms with van der Waals surface area (Å²) in [4.78, 5) is 13.0. The molecule has 4 unspecified atom stereocenters. The minimum absolute atomic E-state index is 0.0277. The van der Waals surface area contributed by atoms with E-state index in [2.05, 4.69) is 198 Å². The molecule has 14 heteroatoms. The summed E-state index contributed by atoms with van der Waals surface area (Å²) in [5, 5.41) is 0.